The van der Waals surface area contributed by atoms with Crippen LogP contribution in [0, 0.1) is 19.8 Å². The molecule has 23 heavy (non-hydrogen) atoms. The lowest BCUT2D eigenvalue weighted by Gasteiger charge is -2.14. The average Bonchev–Trinajstić information content (AvgIpc) is 2.53. The Bertz CT molecular complexity index is 470. The van der Waals surface area contributed by atoms with Gasteiger partial charge < -0.3 is 4.74 Å². The van der Waals surface area contributed by atoms with E-state index in [4.69, 9.17) is 14.5 Å². The van der Waals surface area contributed by atoms with Gasteiger partial charge in [0.05, 0.1) is 12.2 Å². The Morgan fingerprint density at radius 2 is 1.96 bits per heavy atom. The number of unbranched alkanes of at least 4 members (excludes halogenated alkanes) is 1. The smallest absolute Gasteiger partial charge is 0.373 e. The Morgan fingerprint density at radius 1 is 1.17 bits per heavy atom. The van der Waals surface area contributed by atoms with Gasteiger partial charge in [-0.15, -0.1) is 0 Å². The molecule has 1 rings (SSSR count). The largest absolute Gasteiger partial charge is 0.379 e. The van der Waals surface area contributed by atoms with Crippen molar-refractivity contribution in [1.29, 1.82) is 0 Å². The van der Waals surface area contributed by atoms with Gasteiger partial charge in [-0.05, 0) is 37.8 Å². The molecule has 0 saturated carbocycles. The third kappa shape index (κ3) is 7.62. The minimum atomic E-state index is -0.461. The minimum Gasteiger partial charge on any atom is -0.379 e. The topological polar surface area (TPSA) is 44.8 Å². The summed E-state index contributed by atoms with van der Waals surface area (Å²) in [4.78, 5) is 21.7. The maximum absolute atomic E-state index is 11.9. The van der Waals surface area contributed by atoms with E-state index in [0.717, 1.165) is 24.2 Å². The van der Waals surface area contributed by atoms with E-state index in [1.807, 2.05) is 26.0 Å². The van der Waals surface area contributed by atoms with Gasteiger partial charge in [-0.25, -0.2) is 4.79 Å². The third-order valence-corrected chi connectivity index (χ3v) is 3.94. The maximum Gasteiger partial charge on any atom is 0.373 e. The van der Waals surface area contributed by atoms with Crippen LogP contribution in [0.15, 0.2) is 18.2 Å². The first kappa shape index (κ1) is 19.7. The number of carbonyl (C=O) groups excluding carboxylic acids is 1. The van der Waals surface area contributed by atoms with Gasteiger partial charge in [0.15, 0.2) is 0 Å². The van der Waals surface area contributed by atoms with Crippen molar-refractivity contribution in [2.24, 2.45) is 5.92 Å². The highest BCUT2D eigenvalue weighted by Gasteiger charge is 2.11. The highest BCUT2D eigenvalue weighted by Crippen LogP contribution is 2.13. The van der Waals surface area contributed by atoms with E-state index in [1.54, 1.807) is 6.07 Å². The Labute approximate surface area is 140 Å². The predicted octanol–water partition coefficient (Wildman–Crippen LogP) is 4.62. The van der Waals surface area contributed by atoms with Crippen molar-refractivity contribution in [2.75, 3.05) is 19.8 Å². The first-order chi connectivity index (χ1) is 11.1. The fourth-order valence-electron chi connectivity index (χ4n) is 2.42. The maximum atomic E-state index is 11.9. The summed E-state index contributed by atoms with van der Waals surface area (Å²) in [5.41, 5.74) is 2.53. The first-order valence-corrected chi connectivity index (χ1v) is 8.57. The number of rotatable bonds is 11. The summed E-state index contributed by atoms with van der Waals surface area (Å²) in [5, 5.41) is 0. The van der Waals surface area contributed by atoms with E-state index in [9.17, 15) is 4.79 Å². The zero-order valence-electron chi connectivity index (χ0n) is 14.9. The lowest BCUT2D eigenvalue weighted by molar-refractivity contribution is -0.247. The summed E-state index contributed by atoms with van der Waals surface area (Å²) < 4.78 is 5.59. The standard InChI is InChI=1S/C19H30O4/c1-5-7-8-17(6-2)14-21-11-12-22-23-19(20)18-10-9-15(3)13-16(18)4/h9-10,13,17H,5-8,11-12,14H2,1-4H3. The summed E-state index contributed by atoms with van der Waals surface area (Å²) in [7, 11) is 0. The van der Waals surface area contributed by atoms with Crippen LogP contribution in [-0.2, 0) is 14.5 Å². The van der Waals surface area contributed by atoms with E-state index < -0.39 is 5.97 Å². The molecule has 1 aromatic rings. The molecule has 1 aromatic carbocycles. The highest BCUT2D eigenvalue weighted by atomic mass is 17.2. The van der Waals surface area contributed by atoms with Gasteiger partial charge in [0.1, 0.15) is 6.61 Å². The molecular formula is C19H30O4. The monoisotopic (exact) mass is 322 g/mol. The Kier molecular flexibility index (Phi) is 9.57. The van der Waals surface area contributed by atoms with Gasteiger partial charge in [0.2, 0.25) is 0 Å². The summed E-state index contributed by atoms with van der Waals surface area (Å²) >= 11 is 0. The number of carbonyl (C=O) groups is 1. The third-order valence-electron chi connectivity index (χ3n) is 3.94. The SMILES string of the molecule is CCCCC(CC)COCCOOC(=O)c1ccc(C)cc1C. The number of hydrogen-bond acceptors (Lipinski definition) is 4. The molecule has 4 heteroatoms. The van der Waals surface area contributed by atoms with Crippen LogP contribution in [0.25, 0.3) is 0 Å². The van der Waals surface area contributed by atoms with Crippen LogP contribution in [0.1, 0.15) is 61.0 Å². The second-order valence-electron chi connectivity index (χ2n) is 6.00. The van der Waals surface area contributed by atoms with Crippen molar-refractivity contribution in [3.8, 4) is 0 Å². The Balaban J connectivity index is 2.18. The van der Waals surface area contributed by atoms with Gasteiger partial charge >= 0.3 is 5.97 Å². The number of hydrogen-bond donors (Lipinski definition) is 0. The van der Waals surface area contributed by atoms with Crippen LogP contribution in [0.5, 0.6) is 0 Å². The molecule has 0 aromatic heterocycles. The summed E-state index contributed by atoms with van der Waals surface area (Å²) in [6.07, 6.45) is 4.79. The van der Waals surface area contributed by atoms with Crippen LogP contribution in [-0.4, -0.2) is 25.8 Å². The second-order valence-corrected chi connectivity index (χ2v) is 6.00. The van der Waals surface area contributed by atoms with E-state index in [1.165, 1.54) is 19.3 Å². The molecule has 0 heterocycles. The van der Waals surface area contributed by atoms with Gasteiger partial charge in [-0.1, -0.05) is 50.8 Å². The molecule has 0 aliphatic heterocycles. The molecule has 0 aliphatic rings. The van der Waals surface area contributed by atoms with Crippen molar-refractivity contribution in [1.82, 2.24) is 0 Å². The van der Waals surface area contributed by atoms with E-state index in [2.05, 4.69) is 13.8 Å². The van der Waals surface area contributed by atoms with Crippen molar-refractivity contribution in [3.05, 3.63) is 34.9 Å². The van der Waals surface area contributed by atoms with Gasteiger partial charge in [-0.3, -0.25) is 4.89 Å². The van der Waals surface area contributed by atoms with Crippen LogP contribution in [0.4, 0.5) is 0 Å². The summed E-state index contributed by atoms with van der Waals surface area (Å²) in [6.45, 7) is 9.68. The van der Waals surface area contributed by atoms with Crippen molar-refractivity contribution in [2.45, 2.75) is 53.4 Å². The molecule has 0 aliphatic carbocycles. The van der Waals surface area contributed by atoms with Crippen LogP contribution < -0.4 is 0 Å². The molecular weight excluding hydrogens is 292 g/mol. The lowest BCUT2D eigenvalue weighted by atomic mass is 10.0. The number of aryl methyl sites for hydroxylation is 2. The molecule has 0 spiro atoms. The Morgan fingerprint density at radius 3 is 2.61 bits per heavy atom. The van der Waals surface area contributed by atoms with E-state index in [-0.39, 0.29) is 6.61 Å². The predicted molar refractivity (Wildman–Crippen MR) is 91.4 cm³/mol. The van der Waals surface area contributed by atoms with Crippen molar-refractivity contribution in [3.63, 3.8) is 0 Å². The summed E-state index contributed by atoms with van der Waals surface area (Å²) in [6, 6.07) is 5.58. The average molecular weight is 322 g/mol. The Hall–Kier alpha value is -1.39. The fourth-order valence-corrected chi connectivity index (χ4v) is 2.42. The van der Waals surface area contributed by atoms with E-state index >= 15 is 0 Å². The van der Waals surface area contributed by atoms with Crippen molar-refractivity contribution < 1.29 is 19.3 Å². The molecule has 0 bridgehead atoms. The zero-order chi connectivity index (χ0) is 17.1. The summed E-state index contributed by atoms with van der Waals surface area (Å²) in [5.74, 6) is 0.143. The molecule has 0 radical (unpaired) electrons. The highest BCUT2D eigenvalue weighted by molar-refractivity contribution is 5.90. The number of ether oxygens (including phenoxy) is 1. The lowest BCUT2D eigenvalue weighted by Crippen LogP contribution is -2.14. The van der Waals surface area contributed by atoms with Crippen LogP contribution in [0.3, 0.4) is 0 Å². The molecule has 0 saturated heterocycles. The van der Waals surface area contributed by atoms with Crippen LogP contribution in [0.2, 0.25) is 0 Å². The molecule has 1 unspecified atom stereocenters. The molecule has 0 N–H and O–H groups in total. The van der Waals surface area contributed by atoms with Crippen molar-refractivity contribution >= 4 is 5.97 Å². The first-order valence-electron chi connectivity index (χ1n) is 8.57. The molecule has 4 nitrogen and oxygen atoms in total. The molecule has 1 atom stereocenters. The molecule has 130 valence electrons. The van der Waals surface area contributed by atoms with E-state index in [0.29, 0.717) is 18.1 Å². The quantitative estimate of drug-likeness (QED) is 0.339. The van der Waals surface area contributed by atoms with Gasteiger partial charge in [0.25, 0.3) is 0 Å². The minimum absolute atomic E-state index is 0.251. The van der Waals surface area contributed by atoms with Crippen LogP contribution >= 0.6 is 0 Å². The fraction of sp³-hybridized carbons (Fsp3) is 0.632. The zero-order valence-corrected chi connectivity index (χ0v) is 14.9. The van der Waals surface area contributed by atoms with Gasteiger partial charge in [0, 0.05) is 6.61 Å². The number of benzene rings is 1. The van der Waals surface area contributed by atoms with Gasteiger partial charge in [-0.2, -0.15) is 4.89 Å². The molecule has 0 amide bonds. The molecule has 0 fully saturated rings. The second kappa shape index (κ2) is 11.2. The normalized spacial score (nSPS) is 12.2.